The molecule has 0 heterocycles. The summed E-state index contributed by atoms with van der Waals surface area (Å²) >= 11 is 0. The third kappa shape index (κ3) is 6.03. The zero-order valence-corrected chi connectivity index (χ0v) is 20.4. The summed E-state index contributed by atoms with van der Waals surface area (Å²) in [6.07, 6.45) is 6.48. The summed E-state index contributed by atoms with van der Waals surface area (Å²) in [5.74, 6) is 0.733. The molecule has 0 unspecified atom stereocenters. The second-order valence-electron chi connectivity index (χ2n) is 11.0. The summed E-state index contributed by atoms with van der Waals surface area (Å²) in [7, 11) is 0. The summed E-state index contributed by atoms with van der Waals surface area (Å²) in [5.41, 5.74) is 5.91. The number of aromatic hydroxyl groups is 2. The molecule has 0 bridgehead atoms. The predicted molar refractivity (Wildman–Crippen MR) is 129 cm³/mol. The van der Waals surface area contributed by atoms with Gasteiger partial charge >= 0.3 is 0 Å². The summed E-state index contributed by atoms with van der Waals surface area (Å²) in [5, 5.41) is 22.1. The predicted octanol–water partition coefficient (Wildman–Crippen LogP) is 7.71. The standard InChI is InChI=1S/C28H42O2/c1-9-10-11-12-13-20-16-22(26(30)24(17-20)28(6,7)8)18-21-14-19(2)15-23(25(21)29)27(3,4)5/h14-17,29-30H,9-13,18H2,1-8H3. The minimum Gasteiger partial charge on any atom is -0.507 e. The van der Waals surface area contributed by atoms with Gasteiger partial charge in [0.1, 0.15) is 11.5 Å². The number of rotatable bonds is 7. The van der Waals surface area contributed by atoms with Gasteiger partial charge in [0.15, 0.2) is 0 Å². The maximum Gasteiger partial charge on any atom is 0.122 e. The van der Waals surface area contributed by atoms with Crippen molar-refractivity contribution in [1.29, 1.82) is 0 Å². The first-order valence-electron chi connectivity index (χ1n) is 11.5. The van der Waals surface area contributed by atoms with Gasteiger partial charge in [-0.1, -0.05) is 97.6 Å². The van der Waals surface area contributed by atoms with Gasteiger partial charge in [0, 0.05) is 6.42 Å². The van der Waals surface area contributed by atoms with Crippen molar-refractivity contribution in [1.82, 2.24) is 0 Å². The molecule has 0 saturated carbocycles. The van der Waals surface area contributed by atoms with E-state index in [1.165, 1.54) is 31.2 Å². The summed E-state index contributed by atoms with van der Waals surface area (Å²) in [4.78, 5) is 0. The number of hydrogen-bond donors (Lipinski definition) is 2. The molecule has 2 heteroatoms. The Hall–Kier alpha value is -1.96. The van der Waals surface area contributed by atoms with Crippen LogP contribution in [0.1, 0.15) is 108 Å². The normalized spacial score (nSPS) is 12.4. The minimum absolute atomic E-state index is 0.134. The molecule has 2 aromatic carbocycles. The Morgan fingerprint density at radius 3 is 1.77 bits per heavy atom. The number of phenols is 2. The summed E-state index contributed by atoms with van der Waals surface area (Å²) in [6.45, 7) is 17.1. The van der Waals surface area contributed by atoms with Gasteiger partial charge in [-0.05, 0) is 58.4 Å². The number of phenolic OH excluding ortho intramolecular Hbond substituents is 2. The molecule has 2 rings (SSSR count). The lowest BCUT2D eigenvalue weighted by Crippen LogP contribution is -2.14. The highest BCUT2D eigenvalue weighted by Gasteiger charge is 2.24. The average molecular weight is 411 g/mol. The lowest BCUT2D eigenvalue weighted by Gasteiger charge is -2.25. The Balaban J connectivity index is 2.49. The van der Waals surface area contributed by atoms with E-state index in [1.807, 2.05) is 0 Å². The zero-order valence-electron chi connectivity index (χ0n) is 20.4. The van der Waals surface area contributed by atoms with E-state index in [0.717, 1.165) is 34.2 Å². The molecule has 0 aliphatic heterocycles. The maximum absolute atomic E-state index is 11.1. The van der Waals surface area contributed by atoms with E-state index in [1.54, 1.807) is 0 Å². The second-order valence-corrected chi connectivity index (χ2v) is 11.0. The number of aryl methyl sites for hydroxylation is 2. The van der Waals surface area contributed by atoms with Crippen LogP contribution in [-0.4, -0.2) is 10.2 Å². The van der Waals surface area contributed by atoms with Crippen molar-refractivity contribution >= 4 is 0 Å². The lowest BCUT2D eigenvalue weighted by atomic mass is 9.81. The SMILES string of the molecule is CCCCCCc1cc(Cc2cc(C)cc(C(C)(C)C)c2O)c(O)c(C(C)(C)C)c1. The fourth-order valence-electron chi connectivity index (χ4n) is 4.13. The molecular formula is C28H42O2. The minimum atomic E-state index is -0.135. The van der Waals surface area contributed by atoms with E-state index in [0.29, 0.717) is 17.9 Å². The monoisotopic (exact) mass is 410 g/mol. The van der Waals surface area contributed by atoms with E-state index in [4.69, 9.17) is 0 Å². The van der Waals surface area contributed by atoms with Crippen molar-refractivity contribution in [3.05, 3.63) is 57.6 Å². The molecule has 0 radical (unpaired) electrons. The first kappa shape index (κ1) is 24.3. The quantitative estimate of drug-likeness (QED) is 0.459. The molecule has 0 aromatic heterocycles. The number of hydrogen-bond acceptors (Lipinski definition) is 2. The Morgan fingerprint density at radius 2 is 1.23 bits per heavy atom. The smallest absolute Gasteiger partial charge is 0.122 e. The van der Waals surface area contributed by atoms with Gasteiger partial charge in [0.25, 0.3) is 0 Å². The zero-order chi connectivity index (χ0) is 22.7. The van der Waals surface area contributed by atoms with Gasteiger partial charge in [-0.25, -0.2) is 0 Å². The van der Waals surface area contributed by atoms with E-state index >= 15 is 0 Å². The Morgan fingerprint density at radius 1 is 0.700 bits per heavy atom. The molecule has 0 aliphatic carbocycles. The van der Waals surface area contributed by atoms with Crippen LogP contribution >= 0.6 is 0 Å². The lowest BCUT2D eigenvalue weighted by molar-refractivity contribution is 0.435. The van der Waals surface area contributed by atoms with Crippen LogP contribution in [0.2, 0.25) is 0 Å². The van der Waals surface area contributed by atoms with Crippen molar-refractivity contribution in [2.24, 2.45) is 0 Å². The number of benzene rings is 2. The molecule has 0 spiro atoms. The van der Waals surface area contributed by atoms with Crippen LogP contribution in [0.3, 0.4) is 0 Å². The van der Waals surface area contributed by atoms with Crippen LogP contribution in [0.4, 0.5) is 0 Å². The topological polar surface area (TPSA) is 40.5 Å². The third-order valence-electron chi connectivity index (χ3n) is 5.90. The van der Waals surface area contributed by atoms with Gasteiger partial charge in [-0.15, -0.1) is 0 Å². The van der Waals surface area contributed by atoms with Crippen LogP contribution in [0, 0.1) is 6.92 Å². The van der Waals surface area contributed by atoms with E-state index < -0.39 is 0 Å². The molecule has 166 valence electrons. The summed E-state index contributed by atoms with van der Waals surface area (Å²) in [6, 6.07) is 8.45. The molecule has 0 fully saturated rings. The van der Waals surface area contributed by atoms with Crippen LogP contribution in [0.5, 0.6) is 11.5 Å². The first-order chi connectivity index (χ1) is 13.8. The molecule has 2 nitrogen and oxygen atoms in total. The fraction of sp³-hybridized carbons (Fsp3) is 0.571. The highest BCUT2D eigenvalue weighted by Crippen LogP contribution is 2.39. The van der Waals surface area contributed by atoms with Gasteiger partial charge in [0.05, 0.1) is 0 Å². The second kappa shape index (κ2) is 9.45. The molecule has 0 atom stereocenters. The number of unbranched alkanes of at least 4 members (excludes halogenated alkanes) is 3. The van der Waals surface area contributed by atoms with E-state index in [-0.39, 0.29) is 10.8 Å². The fourth-order valence-corrected chi connectivity index (χ4v) is 4.13. The van der Waals surface area contributed by atoms with Crippen LogP contribution in [-0.2, 0) is 23.7 Å². The average Bonchev–Trinajstić information content (AvgIpc) is 2.61. The highest BCUT2D eigenvalue weighted by atomic mass is 16.3. The van der Waals surface area contributed by atoms with Crippen molar-refractivity contribution in [3.8, 4) is 11.5 Å². The van der Waals surface area contributed by atoms with Crippen LogP contribution in [0.25, 0.3) is 0 Å². The van der Waals surface area contributed by atoms with Gasteiger partial charge in [-0.3, -0.25) is 0 Å². The van der Waals surface area contributed by atoms with Crippen molar-refractivity contribution in [3.63, 3.8) is 0 Å². The molecular weight excluding hydrogens is 368 g/mol. The van der Waals surface area contributed by atoms with Crippen molar-refractivity contribution < 1.29 is 10.2 Å². The van der Waals surface area contributed by atoms with Crippen LogP contribution in [0.15, 0.2) is 24.3 Å². The van der Waals surface area contributed by atoms with Crippen molar-refractivity contribution in [2.45, 2.75) is 105 Å². The van der Waals surface area contributed by atoms with Crippen molar-refractivity contribution in [2.75, 3.05) is 0 Å². The first-order valence-corrected chi connectivity index (χ1v) is 11.5. The molecule has 2 aromatic rings. The Bertz CT molecular complexity index is 864. The third-order valence-corrected chi connectivity index (χ3v) is 5.90. The Labute approximate surface area is 184 Å². The maximum atomic E-state index is 11.1. The van der Waals surface area contributed by atoms with E-state index in [9.17, 15) is 10.2 Å². The molecule has 0 aliphatic rings. The Kier molecular flexibility index (Phi) is 7.66. The van der Waals surface area contributed by atoms with E-state index in [2.05, 4.69) is 79.7 Å². The molecule has 0 amide bonds. The summed E-state index contributed by atoms with van der Waals surface area (Å²) < 4.78 is 0. The largest absolute Gasteiger partial charge is 0.507 e. The van der Waals surface area contributed by atoms with Gasteiger partial charge < -0.3 is 10.2 Å². The molecule has 0 saturated heterocycles. The van der Waals surface area contributed by atoms with Gasteiger partial charge in [-0.2, -0.15) is 0 Å². The molecule has 2 N–H and O–H groups in total. The van der Waals surface area contributed by atoms with Gasteiger partial charge in [0.2, 0.25) is 0 Å². The van der Waals surface area contributed by atoms with Crippen LogP contribution < -0.4 is 0 Å². The highest BCUT2D eigenvalue weighted by molar-refractivity contribution is 5.53. The molecule has 30 heavy (non-hydrogen) atoms.